The second-order valence-corrected chi connectivity index (χ2v) is 5.79. The zero-order valence-corrected chi connectivity index (χ0v) is 14.5. The van der Waals surface area contributed by atoms with Crippen LogP contribution in [0.3, 0.4) is 0 Å². The summed E-state index contributed by atoms with van der Waals surface area (Å²) in [7, 11) is 0. The van der Waals surface area contributed by atoms with E-state index in [0.29, 0.717) is 6.61 Å². The molecule has 2 aromatic heterocycles. The van der Waals surface area contributed by atoms with Crippen molar-refractivity contribution in [3.05, 3.63) is 59.5 Å². The fourth-order valence-electron chi connectivity index (χ4n) is 2.52. The molecule has 0 spiro atoms. The van der Waals surface area contributed by atoms with Crippen LogP contribution in [0.15, 0.2) is 42.6 Å². The maximum Gasteiger partial charge on any atom is 0.417 e. The number of nitrogens with one attached hydrogen (secondary N) is 1. The van der Waals surface area contributed by atoms with Crippen molar-refractivity contribution >= 4 is 11.6 Å². The molecule has 3 aromatic rings. The molecule has 6 nitrogen and oxygen atoms in total. The summed E-state index contributed by atoms with van der Waals surface area (Å²) >= 11 is 0. The molecule has 0 aliphatic carbocycles. The lowest BCUT2D eigenvalue weighted by molar-refractivity contribution is -0.137. The van der Waals surface area contributed by atoms with Crippen LogP contribution in [-0.4, -0.2) is 27.1 Å². The monoisotopic (exact) mass is 378 g/mol. The first-order valence-electron chi connectivity index (χ1n) is 8.26. The first-order chi connectivity index (χ1) is 12.9. The molecule has 0 bridgehead atoms. The quantitative estimate of drug-likeness (QED) is 0.716. The van der Waals surface area contributed by atoms with Gasteiger partial charge in [0.15, 0.2) is 11.5 Å². The Balaban J connectivity index is 1.64. The van der Waals surface area contributed by atoms with Crippen molar-refractivity contribution in [2.45, 2.75) is 26.1 Å². The zero-order valence-electron chi connectivity index (χ0n) is 14.5. The summed E-state index contributed by atoms with van der Waals surface area (Å²) in [6.45, 7) is 2.41. The summed E-state index contributed by atoms with van der Waals surface area (Å²) in [5.74, 6) is 0.663. The first kappa shape index (κ1) is 18.7. The molecule has 0 aliphatic rings. The Morgan fingerprint density at radius 2 is 1.89 bits per heavy atom. The van der Waals surface area contributed by atoms with Gasteiger partial charge in [0.2, 0.25) is 5.91 Å². The number of halogens is 3. The number of benzene rings is 1. The topological polar surface area (TPSA) is 68.5 Å². The Labute approximate surface area is 153 Å². The molecule has 9 heteroatoms. The van der Waals surface area contributed by atoms with Crippen molar-refractivity contribution < 1.29 is 22.7 Å². The van der Waals surface area contributed by atoms with Crippen molar-refractivity contribution in [3.63, 3.8) is 0 Å². The predicted octanol–water partition coefficient (Wildman–Crippen LogP) is 3.01. The number of ether oxygens (including phenoxy) is 1. The first-order valence-corrected chi connectivity index (χ1v) is 8.26. The van der Waals surface area contributed by atoms with Gasteiger partial charge in [0, 0.05) is 6.20 Å². The van der Waals surface area contributed by atoms with E-state index in [-0.39, 0.29) is 30.3 Å². The van der Waals surface area contributed by atoms with Gasteiger partial charge in [-0.05, 0) is 36.8 Å². The number of amides is 1. The summed E-state index contributed by atoms with van der Waals surface area (Å²) in [6, 6.07) is 9.30. The van der Waals surface area contributed by atoms with E-state index < -0.39 is 11.7 Å². The molecular weight excluding hydrogens is 361 g/mol. The average Bonchev–Trinajstić information content (AvgIpc) is 3.03. The van der Waals surface area contributed by atoms with Gasteiger partial charge in [0.1, 0.15) is 5.75 Å². The maximum absolute atomic E-state index is 12.9. The molecular formula is C18H17F3N4O2. The molecule has 1 N–H and O–H groups in total. The molecule has 142 valence electrons. The van der Waals surface area contributed by atoms with Gasteiger partial charge in [-0.2, -0.15) is 13.2 Å². The van der Waals surface area contributed by atoms with Crippen molar-refractivity contribution in [3.8, 4) is 5.75 Å². The summed E-state index contributed by atoms with van der Waals surface area (Å²) in [6.07, 6.45) is -3.41. The van der Waals surface area contributed by atoms with Gasteiger partial charge in [-0.3, -0.25) is 9.20 Å². The summed E-state index contributed by atoms with van der Waals surface area (Å²) in [5.41, 5.74) is 0.261. The molecule has 3 rings (SSSR count). The molecule has 1 aromatic carbocycles. The number of hydrogen-bond donors (Lipinski definition) is 1. The Kier molecular flexibility index (Phi) is 5.29. The van der Waals surface area contributed by atoms with Gasteiger partial charge in [-0.15, -0.1) is 10.2 Å². The molecule has 0 saturated heterocycles. The van der Waals surface area contributed by atoms with E-state index in [1.807, 2.05) is 6.92 Å². The van der Waals surface area contributed by atoms with E-state index in [1.165, 1.54) is 10.5 Å². The lowest BCUT2D eigenvalue weighted by Crippen LogP contribution is -2.25. The van der Waals surface area contributed by atoms with Crippen LogP contribution in [0, 0.1) is 0 Å². The highest BCUT2D eigenvalue weighted by molar-refractivity contribution is 5.78. The van der Waals surface area contributed by atoms with Gasteiger partial charge in [-0.25, -0.2) is 0 Å². The minimum absolute atomic E-state index is 0.0294. The lowest BCUT2D eigenvalue weighted by atomic mass is 10.1. The van der Waals surface area contributed by atoms with E-state index in [0.717, 1.165) is 23.6 Å². The van der Waals surface area contributed by atoms with Crippen LogP contribution in [0.4, 0.5) is 13.2 Å². The Hall–Kier alpha value is -3.10. The molecule has 2 heterocycles. The number of fused-ring (bicyclic) bond motifs is 1. The van der Waals surface area contributed by atoms with E-state index in [2.05, 4.69) is 15.5 Å². The van der Waals surface area contributed by atoms with Crippen LogP contribution in [-0.2, 0) is 23.9 Å². The van der Waals surface area contributed by atoms with E-state index in [9.17, 15) is 18.0 Å². The van der Waals surface area contributed by atoms with Crippen LogP contribution >= 0.6 is 0 Å². The third-order valence-corrected chi connectivity index (χ3v) is 3.84. The summed E-state index contributed by atoms with van der Waals surface area (Å²) in [5, 5.41) is 10.3. The molecule has 0 fully saturated rings. The number of aromatic nitrogens is 3. The average molecular weight is 378 g/mol. The van der Waals surface area contributed by atoms with Gasteiger partial charge >= 0.3 is 6.18 Å². The van der Waals surface area contributed by atoms with E-state index in [1.54, 1.807) is 24.3 Å². The predicted molar refractivity (Wildman–Crippen MR) is 91.2 cm³/mol. The number of nitrogens with zero attached hydrogens (tertiary/aromatic N) is 3. The second kappa shape index (κ2) is 7.65. The second-order valence-electron chi connectivity index (χ2n) is 5.79. The van der Waals surface area contributed by atoms with E-state index >= 15 is 0 Å². The van der Waals surface area contributed by atoms with Crippen molar-refractivity contribution in [2.24, 2.45) is 0 Å². The number of carbonyl (C=O) groups excluding carboxylic acids is 1. The van der Waals surface area contributed by atoms with Crippen LogP contribution in [0.1, 0.15) is 23.9 Å². The number of hydrogen-bond acceptors (Lipinski definition) is 4. The van der Waals surface area contributed by atoms with Crippen LogP contribution in [0.25, 0.3) is 5.65 Å². The normalized spacial score (nSPS) is 11.6. The van der Waals surface area contributed by atoms with Crippen LogP contribution in [0.5, 0.6) is 5.75 Å². The number of pyridine rings is 1. The van der Waals surface area contributed by atoms with Crippen molar-refractivity contribution in [1.29, 1.82) is 0 Å². The van der Waals surface area contributed by atoms with Crippen LogP contribution < -0.4 is 10.1 Å². The van der Waals surface area contributed by atoms with Gasteiger partial charge < -0.3 is 10.1 Å². The highest BCUT2D eigenvalue weighted by Crippen LogP contribution is 2.29. The van der Waals surface area contributed by atoms with Crippen molar-refractivity contribution in [1.82, 2.24) is 19.9 Å². The molecule has 27 heavy (non-hydrogen) atoms. The molecule has 0 aliphatic heterocycles. The Morgan fingerprint density at radius 3 is 2.56 bits per heavy atom. The number of carbonyl (C=O) groups is 1. The third kappa shape index (κ3) is 4.55. The zero-order chi connectivity index (χ0) is 19.4. The lowest BCUT2D eigenvalue weighted by Gasteiger charge is -2.08. The fraction of sp³-hybridized carbons (Fsp3) is 0.278. The fourth-order valence-corrected chi connectivity index (χ4v) is 2.52. The molecule has 1 amide bonds. The molecule has 0 saturated carbocycles. The standard InChI is InChI=1S/C18H17F3N4O2/c1-2-27-14-6-3-12(4-7-14)9-17(26)22-10-16-24-23-15-8-5-13(11-25(15)16)18(19,20)21/h3-8,11H,2,9-10H2,1H3,(H,22,26). The number of rotatable bonds is 6. The highest BCUT2D eigenvalue weighted by Gasteiger charge is 2.31. The minimum atomic E-state index is -4.47. The highest BCUT2D eigenvalue weighted by atomic mass is 19.4. The van der Waals surface area contributed by atoms with Gasteiger partial charge in [0.05, 0.1) is 25.1 Å². The number of alkyl halides is 3. The molecule has 0 radical (unpaired) electrons. The van der Waals surface area contributed by atoms with Gasteiger partial charge in [0.25, 0.3) is 0 Å². The SMILES string of the molecule is CCOc1ccc(CC(=O)NCc2nnc3ccc(C(F)(F)F)cn23)cc1. The Bertz CT molecular complexity index is 936. The maximum atomic E-state index is 12.9. The minimum Gasteiger partial charge on any atom is -0.494 e. The van der Waals surface area contributed by atoms with E-state index in [4.69, 9.17) is 4.74 Å². The summed E-state index contributed by atoms with van der Waals surface area (Å²) in [4.78, 5) is 12.1. The van der Waals surface area contributed by atoms with Crippen LogP contribution in [0.2, 0.25) is 0 Å². The summed E-state index contributed by atoms with van der Waals surface area (Å²) < 4.78 is 45.1. The van der Waals surface area contributed by atoms with Crippen molar-refractivity contribution in [2.75, 3.05) is 6.61 Å². The third-order valence-electron chi connectivity index (χ3n) is 3.84. The largest absolute Gasteiger partial charge is 0.494 e. The van der Waals surface area contributed by atoms with Gasteiger partial charge in [-0.1, -0.05) is 12.1 Å². The molecule has 0 unspecified atom stereocenters. The smallest absolute Gasteiger partial charge is 0.417 e. The Morgan fingerprint density at radius 1 is 1.15 bits per heavy atom. The molecule has 0 atom stereocenters.